The number of para-hydroxylation sites is 1. The lowest BCUT2D eigenvalue weighted by Crippen LogP contribution is -2.15. The Bertz CT molecular complexity index is 740. The first-order chi connectivity index (χ1) is 9.94. The maximum atomic E-state index is 12.5. The van der Waals surface area contributed by atoms with Gasteiger partial charge in [0.15, 0.2) is 0 Å². The summed E-state index contributed by atoms with van der Waals surface area (Å²) in [5, 5.41) is 3.05. The molecule has 0 heterocycles. The molecule has 0 bridgehead atoms. The van der Waals surface area contributed by atoms with Crippen LogP contribution < -0.4 is 10.0 Å². The molecule has 5 heteroatoms. The van der Waals surface area contributed by atoms with Crippen molar-refractivity contribution in [3.8, 4) is 0 Å². The third-order valence-electron chi connectivity index (χ3n) is 3.39. The first kappa shape index (κ1) is 15.5. The van der Waals surface area contributed by atoms with Gasteiger partial charge in [-0.05, 0) is 55.8 Å². The average molecular weight is 304 g/mol. The lowest BCUT2D eigenvalue weighted by molar-refractivity contribution is 0.601. The topological polar surface area (TPSA) is 58.2 Å². The van der Waals surface area contributed by atoms with E-state index in [1.807, 2.05) is 45.2 Å². The molecule has 2 aromatic carbocycles. The van der Waals surface area contributed by atoms with E-state index in [-0.39, 0.29) is 4.90 Å². The number of benzene rings is 2. The van der Waals surface area contributed by atoms with Crippen molar-refractivity contribution in [3.63, 3.8) is 0 Å². The second kappa shape index (κ2) is 6.28. The third kappa shape index (κ3) is 3.62. The van der Waals surface area contributed by atoms with Crippen LogP contribution in [-0.2, 0) is 16.6 Å². The Kier molecular flexibility index (Phi) is 4.65. The number of aryl methyl sites for hydroxylation is 2. The maximum Gasteiger partial charge on any atom is 0.261 e. The molecule has 0 aliphatic rings. The van der Waals surface area contributed by atoms with Gasteiger partial charge in [0, 0.05) is 6.54 Å². The standard InChI is InChI=1S/C16H20N2O2S/c1-12-8-9-15(10-14(12)11-17-3)21(19,20)18-16-7-5-4-6-13(16)2/h4-10,17-18H,11H2,1-3H3. The molecular weight excluding hydrogens is 284 g/mol. The summed E-state index contributed by atoms with van der Waals surface area (Å²) in [6, 6.07) is 12.5. The van der Waals surface area contributed by atoms with Crippen LogP contribution in [0.4, 0.5) is 5.69 Å². The Morgan fingerprint density at radius 1 is 1.00 bits per heavy atom. The summed E-state index contributed by atoms with van der Waals surface area (Å²) in [6.07, 6.45) is 0. The molecule has 0 saturated heterocycles. The lowest BCUT2D eigenvalue weighted by Gasteiger charge is -2.12. The van der Waals surface area contributed by atoms with E-state index in [0.717, 1.165) is 16.7 Å². The van der Waals surface area contributed by atoms with Crippen molar-refractivity contribution in [3.05, 3.63) is 59.2 Å². The Labute approximate surface area is 126 Å². The molecular formula is C16H20N2O2S. The summed E-state index contributed by atoms with van der Waals surface area (Å²) in [5.41, 5.74) is 3.54. The quantitative estimate of drug-likeness (QED) is 0.893. The molecule has 2 N–H and O–H groups in total. The number of sulfonamides is 1. The highest BCUT2D eigenvalue weighted by molar-refractivity contribution is 7.92. The summed E-state index contributed by atoms with van der Waals surface area (Å²) >= 11 is 0. The van der Waals surface area contributed by atoms with E-state index in [4.69, 9.17) is 0 Å². The van der Waals surface area contributed by atoms with Gasteiger partial charge in [0.1, 0.15) is 0 Å². The highest BCUT2D eigenvalue weighted by Crippen LogP contribution is 2.21. The summed E-state index contributed by atoms with van der Waals surface area (Å²) in [4.78, 5) is 0.279. The summed E-state index contributed by atoms with van der Waals surface area (Å²) in [6.45, 7) is 4.48. The van der Waals surface area contributed by atoms with E-state index in [1.165, 1.54) is 0 Å². The Morgan fingerprint density at radius 2 is 1.71 bits per heavy atom. The maximum absolute atomic E-state index is 12.5. The summed E-state index contributed by atoms with van der Waals surface area (Å²) < 4.78 is 27.6. The fraction of sp³-hybridized carbons (Fsp3) is 0.250. The van der Waals surface area contributed by atoms with Crippen LogP contribution >= 0.6 is 0 Å². The van der Waals surface area contributed by atoms with Gasteiger partial charge in [-0.15, -0.1) is 0 Å². The zero-order valence-corrected chi connectivity index (χ0v) is 13.3. The fourth-order valence-electron chi connectivity index (χ4n) is 2.09. The van der Waals surface area contributed by atoms with Crippen molar-refractivity contribution in [2.24, 2.45) is 0 Å². The van der Waals surface area contributed by atoms with Gasteiger partial charge in [-0.25, -0.2) is 8.42 Å². The van der Waals surface area contributed by atoms with E-state index < -0.39 is 10.0 Å². The zero-order chi connectivity index (χ0) is 15.5. The van der Waals surface area contributed by atoms with Crippen LogP contribution in [0.25, 0.3) is 0 Å². The van der Waals surface area contributed by atoms with Crippen molar-refractivity contribution in [2.75, 3.05) is 11.8 Å². The van der Waals surface area contributed by atoms with E-state index in [2.05, 4.69) is 10.0 Å². The highest BCUT2D eigenvalue weighted by atomic mass is 32.2. The van der Waals surface area contributed by atoms with Crippen LogP contribution in [0.5, 0.6) is 0 Å². The third-order valence-corrected chi connectivity index (χ3v) is 4.75. The molecule has 0 aliphatic heterocycles. The molecule has 0 amide bonds. The number of hydrogen-bond donors (Lipinski definition) is 2. The van der Waals surface area contributed by atoms with Crippen LogP contribution in [0.1, 0.15) is 16.7 Å². The molecule has 0 aromatic heterocycles. The number of nitrogens with one attached hydrogen (secondary N) is 2. The number of hydrogen-bond acceptors (Lipinski definition) is 3. The zero-order valence-electron chi connectivity index (χ0n) is 12.5. The van der Waals surface area contributed by atoms with Crippen LogP contribution in [0, 0.1) is 13.8 Å². The fourth-order valence-corrected chi connectivity index (χ4v) is 3.27. The average Bonchev–Trinajstić information content (AvgIpc) is 2.44. The first-order valence-electron chi connectivity index (χ1n) is 6.76. The van der Waals surface area contributed by atoms with Gasteiger partial charge in [0.25, 0.3) is 10.0 Å². The van der Waals surface area contributed by atoms with Crippen LogP contribution in [0.15, 0.2) is 47.4 Å². The number of anilines is 1. The van der Waals surface area contributed by atoms with Crippen LogP contribution in [-0.4, -0.2) is 15.5 Å². The molecule has 2 rings (SSSR count). The van der Waals surface area contributed by atoms with Crippen molar-refractivity contribution in [1.29, 1.82) is 0 Å². The van der Waals surface area contributed by atoms with E-state index in [1.54, 1.807) is 18.2 Å². The second-order valence-corrected chi connectivity index (χ2v) is 6.72. The molecule has 0 aliphatic carbocycles. The van der Waals surface area contributed by atoms with Gasteiger partial charge in [0.05, 0.1) is 10.6 Å². The van der Waals surface area contributed by atoms with Crippen molar-refractivity contribution < 1.29 is 8.42 Å². The molecule has 4 nitrogen and oxygen atoms in total. The van der Waals surface area contributed by atoms with E-state index in [9.17, 15) is 8.42 Å². The minimum Gasteiger partial charge on any atom is -0.316 e. The predicted octanol–water partition coefficient (Wildman–Crippen LogP) is 2.82. The van der Waals surface area contributed by atoms with Crippen LogP contribution in [0.3, 0.4) is 0 Å². The van der Waals surface area contributed by atoms with Gasteiger partial charge < -0.3 is 5.32 Å². The highest BCUT2D eigenvalue weighted by Gasteiger charge is 2.16. The first-order valence-corrected chi connectivity index (χ1v) is 8.25. The van der Waals surface area contributed by atoms with Crippen molar-refractivity contribution >= 4 is 15.7 Å². The molecule has 2 aromatic rings. The van der Waals surface area contributed by atoms with Crippen molar-refractivity contribution in [2.45, 2.75) is 25.3 Å². The monoisotopic (exact) mass is 304 g/mol. The normalized spacial score (nSPS) is 11.4. The largest absolute Gasteiger partial charge is 0.316 e. The van der Waals surface area contributed by atoms with Crippen molar-refractivity contribution in [1.82, 2.24) is 5.32 Å². The van der Waals surface area contributed by atoms with E-state index >= 15 is 0 Å². The molecule has 0 saturated carbocycles. The molecule has 0 atom stereocenters. The molecule has 21 heavy (non-hydrogen) atoms. The summed E-state index contributed by atoms with van der Waals surface area (Å²) in [7, 11) is -1.73. The van der Waals surface area contributed by atoms with Crippen LogP contribution in [0.2, 0.25) is 0 Å². The molecule has 0 unspecified atom stereocenters. The summed E-state index contributed by atoms with van der Waals surface area (Å²) in [5.74, 6) is 0. The molecule has 112 valence electrons. The minimum atomic E-state index is -3.57. The number of rotatable bonds is 5. The van der Waals surface area contributed by atoms with Gasteiger partial charge in [-0.3, -0.25) is 4.72 Å². The van der Waals surface area contributed by atoms with Gasteiger partial charge in [0.2, 0.25) is 0 Å². The smallest absolute Gasteiger partial charge is 0.261 e. The van der Waals surface area contributed by atoms with Gasteiger partial charge in [-0.2, -0.15) is 0 Å². The minimum absolute atomic E-state index is 0.279. The molecule has 0 fully saturated rings. The predicted molar refractivity (Wildman–Crippen MR) is 85.9 cm³/mol. The Hall–Kier alpha value is -1.85. The molecule has 0 spiro atoms. The SMILES string of the molecule is CNCc1cc(S(=O)(=O)Nc2ccccc2C)ccc1C. The van der Waals surface area contributed by atoms with E-state index in [0.29, 0.717) is 12.2 Å². The molecule has 0 radical (unpaired) electrons. The Morgan fingerprint density at radius 3 is 2.38 bits per heavy atom. The Balaban J connectivity index is 2.36. The lowest BCUT2D eigenvalue weighted by atomic mass is 10.1. The van der Waals surface area contributed by atoms with Gasteiger partial charge in [-0.1, -0.05) is 24.3 Å². The van der Waals surface area contributed by atoms with Gasteiger partial charge >= 0.3 is 0 Å². The second-order valence-electron chi connectivity index (χ2n) is 5.04.